The van der Waals surface area contributed by atoms with Crippen LogP contribution >= 0.6 is 0 Å². The molecule has 2 amide bonds. The van der Waals surface area contributed by atoms with Crippen molar-refractivity contribution in [1.82, 2.24) is 9.97 Å². The number of aromatic nitrogens is 2. The van der Waals surface area contributed by atoms with Crippen LogP contribution in [0.2, 0.25) is 0 Å². The molecule has 0 bridgehead atoms. The number of anilines is 2. The lowest BCUT2D eigenvalue weighted by Crippen LogP contribution is -2.25. The first-order valence-corrected chi connectivity index (χ1v) is 15.6. The summed E-state index contributed by atoms with van der Waals surface area (Å²) in [4.78, 5) is 58.2. The van der Waals surface area contributed by atoms with Crippen LogP contribution in [0.4, 0.5) is 11.4 Å². The lowest BCUT2D eigenvalue weighted by atomic mass is 10.1. The number of fused-ring (bicyclic) bond motifs is 2. The molecule has 244 valence electrons. The molecule has 0 aliphatic carbocycles. The Morgan fingerprint density at radius 2 is 0.900 bits per heavy atom. The second kappa shape index (κ2) is 11.3. The van der Waals surface area contributed by atoms with Crippen LogP contribution in [0.25, 0.3) is 32.7 Å². The highest BCUT2D eigenvalue weighted by Crippen LogP contribution is 2.28. The lowest BCUT2D eigenvalue weighted by molar-refractivity contribution is -0.113. The van der Waals surface area contributed by atoms with Gasteiger partial charge in [0, 0.05) is 21.5 Å². The minimum absolute atomic E-state index is 0.0365. The zero-order valence-electron chi connectivity index (χ0n) is 26.6. The van der Waals surface area contributed by atoms with Crippen molar-refractivity contribution in [3.05, 3.63) is 130 Å². The molecule has 2 aliphatic heterocycles. The normalized spacial score (nSPS) is 17.6. The van der Waals surface area contributed by atoms with Gasteiger partial charge >= 0.3 is 11.9 Å². The van der Waals surface area contributed by atoms with E-state index in [1.54, 1.807) is 38.1 Å². The zero-order valence-corrected chi connectivity index (χ0v) is 26.6. The number of rotatable bonds is 4. The summed E-state index contributed by atoms with van der Waals surface area (Å²) in [6.45, 7) is 3.46. The van der Waals surface area contributed by atoms with Crippen molar-refractivity contribution in [3.63, 3.8) is 0 Å². The molecule has 4 heterocycles. The number of hydrogen-bond acceptors (Lipinski definition) is 6. The van der Waals surface area contributed by atoms with Gasteiger partial charge in [-0.2, -0.15) is 20.2 Å². The van der Waals surface area contributed by atoms with Crippen LogP contribution in [-0.4, -0.2) is 55.4 Å². The number of aromatic carboxylic acids is 2. The fraction of sp³-hybridized carbons (Fsp3) is 0.0526. The van der Waals surface area contributed by atoms with Gasteiger partial charge in [0.05, 0.1) is 66.5 Å². The fourth-order valence-electron chi connectivity index (χ4n) is 6.63. The number of H-pyrrole nitrogens is 2. The Balaban J connectivity index is 1.37. The number of benzene rings is 4. The number of hydrazone groups is 2. The van der Waals surface area contributed by atoms with E-state index < -0.39 is 23.8 Å². The molecule has 50 heavy (non-hydrogen) atoms. The van der Waals surface area contributed by atoms with Crippen LogP contribution in [0.15, 0.2) is 107 Å². The number of amides is 2. The number of carboxylic acids is 2. The minimum Gasteiger partial charge on any atom is -0.478 e. The summed E-state index contributed by atoms with van der Waals surface area (Å²) in [6, 6.07) is 27.4. The molecule has 2 aromatic heterocycles. The average Bonchev–Trinajstić information content (AvgIpc) is 3.84. The van der Waals surface area contributed by atoms with Crippen LogP contribution in [0.5, 0.6) is 0 Å². The van der Waals surface area contributed by atoms with Gasteiger partial charge in [-0.3, -0.25) is 9.59 Å². The van der Waals surface area contributed by atoms with E-state index in [0.717, 1.165) is 21.5 Å². The van der Waals surface area contributed by atoms with Crippen molar-refractivity contribution in [2.45, 2.75) is 13.8 Å². The van der Waals surface area contributed by atoms with Crippen molar-refractivity contribution < 1.29 is 29.4 Å². The summed E-state index contributed by atoms with van der Waals surface area (Å²) in [5, 5.41) is 36.1. The second-order valence-corrected chi connectivity index (χ2v) is 11.9. The number of carbonyl (C=O) groups is 4. The van der Waals surface area contributed by atoms with Crippen LogP contribution in [0.3, 0.4) is 0 Å². The second-order valence-electron chi connectivity index (χ2n) is 11.9. The molecule has 12 nitrogen and oxygen atoms in total. The SMILES string of the molecule is CC1=NN(c2cccc(C(=O)O)c2)C(=O)/C1=c1\[nH]/c(=c2/[nH]/c(=C3\C(=O)N(c4cccc(C(=O)O)c4)N=C3C)c3ccccc23)c2ccccc12. The molecule has 8 rings (SSSR count). The van der Waals surface area contributed by atoms with E-state index in [1.807, 2.05) is 48.5 Å². The van der Waals surface area contributed by atoms with E-state index in [2.05, 4.69) is 20.2 Å². The first kappa shape index (κ1) is 30.3. The highest BCUT2D eigenvalue weighted by molar-refractivity contribution is 6.49. The van der Waals surface area contributed by atoms with Crippen molar-refractivity contribution in [2.24, 2.45) is 10.2 Å². The first-order chi connectivity index (χ1) is 24.1. The molecule has 4 aromatic carbocycles. The Kier molecular flexibility index (Phi) is 6.82. The molecule has 0 unspecified atom stereocenters. The third kappa shape index (κ3) is 4.61. The monoisotopic (exact) mass is 662 g/mol. The van der Waals surface area contributed by atoms with Gasteiger partial charge in [0.15, 0.2) is 0 Å². The topological polar surface area (TPSA) is 172 Å². The van der Waals surface area contributed by atoms with Gasteiger partial charge in [0.2, 0.25) is 0 Å². The largest absolute Gasteiger partial charge is 0.478 e. The maximum Gasteiger partial charge on any atom is 0.335 e. The van der Waals surface area contributed by atoms with Crippen molar-refractivity contribution in [3.8, 4) is 0 Å². The number of carboxylic acid groups (broad SMARTS) is 2. The van der Waals surface area contributed by atoms with E-state index >= 15 is 0 Å². The molecule has 0 radical (unpaired) electrons. The van der Waals surface area contributed by atoms with Crippen molar-refractivity contribution >= 4 is 79.2 Å². The van der Waals surface area contributed by atoms with E-state index in [0.29, 0.717) is 55.3 Å². The Morgan fingerprint density at radius 3 is 1.26 bits per heavy atom. The van der Waals surface area contributed by atoms with Gasteiger partial charge in [0.1, 0.15) is 0 Å². The van der Waals surface area contributed by atoms with E-state index in [1.165, 1.54) is 34.3 Å². The van der Waals surface area contributed by atoms with Gasteiger partial charge < -0.3 is 20.2 Å². The smallest absolute Gasteiger partial charge is 0.335 e. The summed E-state index contributed by atoms with van der Waals surface area (Å²) in [5.41, 5.74) is 2.33. The molecule has 0 fully saturated rings. The van der Waals surface area contributed by atoms with Gasteiger partial charge in [-0.1, -0.05) is 60.7 Å². The van der Waals surface area contributed by atoms with Gasteiger partial charge in [-0.25, -0.2) is 9.59 Å². The quantitative estimate of drug-likeness (QED) is 0.217. The number of nitrogens with one attached hydrogen (secondary N) is 2. The van der Waals surface area contributed by atoms with Gasteiger partial charge in [-0.15, -0.1) is 0 Å². The van der Waals surface area contributed by atoms with Crippen molar-refractivity contribution in [1.29, 1.82) is 0 Å². The minimum atomic E-state index is -1.11. The summed E-state index contributed by atoms with van der Waals surface area (Å²) >= 11 is 0. The van der Waals surface area contributed by atoms with Crippen LogP contribution in [0, 0.1) is 10.7 Å². The summed E-state index contributed by atoms with van der Waals surface area (Å²) < 4.78 is 0. The molecule has 0 saturated heterocycles. The molecule has 0 spiro atoms. The number of nitrogens with zero attached hydrogens (tertiary/aromatic N) is 4. The van der Waals surface area contributed by atoms with Gasteiger partial charge in [0.25, 0.3) is 11.8 Å². The highest BCUT2D eigenvalue weighted by Gasteiger charge is 2.32. The van der Waals surface area contributed by atoms with E-state index in [4.69, 9.17) is 0 Å². The Labute approximate surface area is 281 Å². The average molecular weight is 663 g/mol. The third-order valence-electron chi connectivity index (χ3n) is 8.89. The van der Waals surface area contributed by atoms with E-state index in [9.17, 15) is 29.4 Å². The number of hydrogen-bond donors (Lipinski definition) is 4. The highest BCUT2D eigenvalue weighted by atomic mass is 16.4. The predicted octanol–water partition coefficient (Wildman–Crippen LogP) is 4.48. The molecule has 0 atom stereocenters. The summed E-state index contributed by atoms with van der Waals surface area (Å²) in [7, 11) is 0. The molecule has 6 aromatic rings. The third-order valence-corrected chi connectivity index (χ3v) is 8.89. The summed E-state index contributed by atoms with van der Waals surface area (Å²) in [6.07, 6.45) is 0. The molecule has 12 heteroatoms. The Hall–Kier alpha value is -7.08. The predicted molar refractivity (Wildman–Crippen MR) is 188 cm³/mol. The summed E-state index contributed by atoms with van der Waals surface area (Å²) in [5.74, 6) is -3.04. The van der Waals surface area contributed by atoms with E-state index in [-0.39, 0.29) is 11.1 Å². The molecular formula is C38H26N6O6. The lowest BCUT2D eigenvalue weighted by Gasteiger charge is -2.12. The molecule has 0 saturated carbocycles. The molecular weight excluding hydrogens is 636 g/mol. The number of aromatic amines is 2. The maximum atomic E-state index is 14.0. The fourth-order valence-corrected chi connectivity index (χ4v) is 6.63. The zero-order chi connectivity index (χ0) is 34.8. The molecule has 2 aliphatic rings. The Morgan fingerprint density at radius 1 is 0.540 bits per heavy atom. The maximum absolute atomic E-state index is 14.0. The van der Waals surface area contributed by atoms with Gasteiger partial charge in [-0.05, 0) is 50.2 Å². The Bertz CT molecular complexity index is 2620. The standard InChI is InChI=1S/C38H26N6O6/c1-19-29(35(45)43(41-19)23-11-7-9-21(17-23)37(47)48)31-25-13-3-5-15-27(25)33(39-31)34-28-16-6-4-14-26(28)32(40-34)30-20(2)42-44(36(30)46)24-12-8-10-22(18-24)38(49)50/h3-18,39-40H,1-2H3,(H,47,48)(H,49,50)/b31-29-,32-30-,34-33+. The van der Waals surface area contributed by atoms with Crippen LogP contribution in [-0.2, 0) is 9.59 Å². The van der Waals surface area contributed by atoms with Crippen LogP contribution in [0.1, 0.15) is 34.6 Å². The first-order valence-electron chi connectivity index (χ1n) is 15.6. The molecule has 4 N–H and O–H groups in total. The van der Waals surface area contributed by atoms with Crippen LogP contribution < -0.4 is 20.7 Å². The number of carbonyl (C=O) groups excluding carboxylic acids is 2. The van der Waals surface area contributed by atoms with Crippen molar-refractivity contribution in [2.75, 3.05) is 10.0 Å².